The van der Waals surface area contributed by atoms with Gasteiger partial charge in [0.05, 0.1) is 11.7 Å². The summed E-state index contributed by atoms with van der Waals surface area (Å²) in [5.41, 5.74) is 2.63. The second kappa shape index (κ2) is 5.02. The van der Waals surface area contributed by atoms with E-state index in [2.05, 4.69) is 20.3 Å². The van der Waals surface area contributed by atoms with Gasteiger partial charge in [-0.1, -0.05) is 6.07 Å². The van der Waals surface area contributed by atoms with Gasteiger partial charge in [0.15, 0.2) is 11.6 Å². The lowest BCUT2D eigenvalue weighted by atomic mass is 10.1. The number of benzene rings is 1. The van der Waals surface area contributed by atoms with Crippen molar-refractivity contribution in [3.63, 3.8) is 0 Å². The molecule has 0 amide bonds. The van der Waals surface area contributed by atoms with E-state index < -0.39 is 5.82 Å². The van der Waals surface area contributed by atoms with Gasteiger partial charge in [-0.15, -0.1) is 0 Å². The molecule has 1 aromatic carbocycles. The second-order valence-electron chi connectivity index (χ2n) is 4.33. The molecule has 20 heavy (non-hydrogen) atoms. The number of rotatable bonds is 2. The van der Waals surface area contributed by atoms with E-state index in [0.29, 0.717) is 0 Å². The molecule has 0 bridgehead atoms. The minimum atomic E-state index is -0.557. The Bertz CT molecular complexity index is 791. The molecule has 1 N–H and O–H groups in total. The average Bonchev–Trinajstić information content (AvgIpc) is 2.43. The van der Waals surface area contributed by atoms with Crippen LogP contribution in [0.2, 0.25) is 5.28 Å². The third-order valence-electron chi connectivity index (χ3n) is 2.87. The summed E-state index contributed by atoms with van der Waals surface area (Å²) < 4.78 is 13.6. The fraction of sp³-hybridized carbons (Fsp3) is 0.0714. The Balaban J connectivity index is 2.05. The second-order valence-corrected chi connectivity index (χ2v) is 4.67. The van der Waals surface area contributed by atoms with E-state index in [1.807, 2.05) is 31.2 Å². The Morgan fingerprint density at radius 3 is 2.95 bits per heavy atom. The van der Waals surface area contributed by atoms with E-state index in [4.69, 9.17) is 11.6 Å². The van der Waals surface area contributed by atoms with Gasteiger partial charge < -0.3 is 5.32 Å². The summed E-state index contributed by atoms with van der Waals surface area (Å²) in [6.45, 7) is 1.95. The predicted octanol–water partition coefficient (Wildman–Crippen LogP) is 3.87. The zero-order chi connectivity index (χ0) is 14.1. The molecule has 2 aromatic heterocycles. The van der Waals surface area contributed by atoms with E-state index in [9.17, 15) is 4.39 Å². The van der Waals surface area contributed by atoms with Crippen LogP contribution in [-0.2, 0) is 0 Å². The third-order valence-corrected chi connectivity index (χ3v) is 3.06. The van der Waals surface area contributed by atoms with Gasteiger partial charge in [0.1, 0.15) is 0 Å². The van der Waals surface area contributed by atoms with Crippen LogP contribution in [0.15, 0.2) is 36.7 Å². The van der Waals surface area contributed by atoms with Crippen molar-refractivity contribution >= 4 is 34.0 Å². The fourth-order valence-corrected chi connectivity index (χ4v) is 2.15. The maximum atomic E-state index is 13.6. The molecule has 0 spiro atoms. The minimum Gasteiger partial charge on any atom is -0.338 e. The van der Waals surface area contributed by atoms with Crippen molar-refractivity contribution in [3.05, 3.63) is 53.3 Å². The number of nitrogens with one attached hydrogen (secondary N) is 1. The number of halogens is 2. The molecular weight excluding hydrogens is 279 g/mol. The Kier molecular flexibility index (Phi) is 3.20. The highest BCUT2D eigenvalue weighted by Crippen LogP contribution is 2.25. The Morgan fingerprint density at radius 2 is 2.10 bits per heavy atom. The molecule has 0 saturated heterocycles. The number of hydrogen-bond donors (Lipinski definition) is 1. The molecule has 0 unspecified atom stereocenters. The van der Waals surface area contributed by atoms with E-state index in [0.717, 1.165) is 28.4 Å². The van der Waals surface area contributed by atoms with Gasteiger partial charge in [-0.2, -0.15) is 4.98 Å². The number of aryl methyl sites for hydroxylation is 1. The smallest absolute Gasteiger partial charge is 0.224 e. The maximum absolute atomic E-state index is 13.6. The lowest BCUT2D eigenvalue weighted by molar-refractivity contribution is 0.619. The molecule has 0 aliphatic carbocycles. The van der Waals surface area contributed by atoms with Crippen molar-refractivity contribution in [2.75, 3.05) is 5.32 Å². The first kappa shape index (κ1) is 12.7. The van der Waals surface area contributed by atoms with Gasteiger partial charge in [0.2, 0.25) is 5.28 Å². The predicted molar refractivity (Wildman–Crippen MR) is 76.8 cm³/mol. The normalized spacial score (nSPS) is 10.8. The maximum Gasteiger partial charge on any atom is 0.224 e. The highest BCUT2D eigenvalue weighted by Gasteiger charge is 2.08. The van der Waals surface area contributed by atoms with Crippen LogP contribution in [0.25, 0.3) is 10.9 Å². The highest BCUT2D eigenvalue weighted by atomic mass is 35.5. The topological polar surface area (TPSA) is 50.7 Å². The summed E-state index contributed by atoms with van der Waals surface area (Å²) in [5, 5.41) is 3.87. The van der Waals surface area contributed by atoms with Gasteiger partial charge in [0.25, 0.3) is 0 Å². The molecule has 0 fully saturated rings. The van der Waals surface area contributed by atoms with Gasteiger partial charge in [0, 0.05) is 17.3 Å². The van der Waals surface area contributed by atoms with Gasteiger partial charge in [-0.25, -0.2) is 9.37 Å². The standard InChI is InChI=1S/C14H10ClFN4/c1-8-5-10(6-9-3-2-4-17-12(8)9)19-13-11(16)7-18-14(15)20-13/h2-7H,1H3,(H,18,19,20). The number of nitrogens with zero attached hydrogens (tertiary/aromatic N) is 3. The van der Waals surface area contributed by atoms with Crippen molar-refractivity contribution in [3.8, 4) is 0 Å². The Hall–Kier alpha value is -2.27. The number of aromatic nitrogens is 3. The third kappa shape index (κ3) is 2.40. The average molecular weight is 289 g/mol. The number of pyridine rings is 1. The summed E-state index contributed by atoms with van der Waals surface area (Å²) in [4.78, 5) is 11.7. The number of anilines is 2. The van der Waals surface area contributed by atoms with Gasteiger partial charge >= 0.3 is 0 Å². The van der Waals surface area contributed by atoms with Crippen molar-refractivity contribution < 1.29 is 4.39 Å². The van der Waals surface area contributed by atoms with E-state index in [1.54, 1.807) is 6.20 Å². The minimum absolute atomic E-state index is 0.00641. The van der Waals surface area contributed by atoms with E-state index >= 15 is 0 Å². The first-order valence-corrected chi connectivity index (χ1v) is 6.32. The molecule has 100 valence electrons. The molecule has 6 heteroatoms. The van der Waals surface area contributed by atoms with Crippen LogP contribution in [0.3, 0.4) is 0 Å². The molecule has 3 aromatic rings. The summed E-state index contributed by atoms with van der Waals surface area (Å²) in [6.07, 6.45) is 2.78. The molecule has 0 saturated carbocycles. The van der Waals surface area contributed by atoms with Crippen molar-refractivity contribution in [1.29, 1.82) is 0 Å². The Labute approximate surface area is 119 Å². The highest BCUT2D eigenvalue weighted by molar-refractivity contribution is 6.28. The molecule has 0 radical (unpaired) electrons. The van der Waals surface area contributed by atoms with E-state index in [-0.39, 0.29) is 11.1 Å². The Morgan fingerprint density at radius 1 is 1.25 bits per heavy atom. The van der Waals surface area contributed by atoms with Crippen LogP contribution in [0.5, 0.6) is 0 Å². The molecule has 3 rings (SSSR count). The van der Waals surface area contributed by atoms with Crippen LogP contribution in [0.4, 0.5) is 15.9 Å². The monoisotopic (exact) mass is 288 g/mol. The first-order chi connectivity index (χ1) is 9.63. The summed E-state index contributed by atoms with van der Waals surface area (Å²) >= 11 is 5.67. The lowest BCUT2D eigenvalue weighted by Gasteiger charge is -2.09. The number of hydrogen-bond acceptors (Lipinski definition) is 4. The van der Waals surface area contributed by atoms with E-state index in [1.165, 1.54) is 0 Å². The van der Waals surface area contributed by atoms with Crippen molar-refractivity contribution in [1.82, 2.24) is 15.0 Å². The fourth-order valence-electron chi connectivity index (χ4n) is 2.02. The first-order valence-electron chi connectivity index (χ1n) is 5.94. The van der Waals surface area contributed by atoms with Gasteiger partial charge in [-0.05, 0) is 42.3 Å². The van der Waals surface area contributed by atoms with Crippen LogP contribution >= 0.6 is 11.6 Å². The molecule has 0 aliphatic rings. The molecule has 2 heterocycles. The molecule has 4 nitrogen and oxygen atoms in total. The summed E-state index contributed by atoms with van der Waals surface area (Å²) in [7, 11) is 0. The quantitative estimate of drug-likeness (QED) is 0.727. The molecule has 0 atom stereocenters. The van der Waals surface area contributed by atoms with Crippen molar-refractivity contribution in [2.24, 2.45) is 0 Å². The largest absolute Gasteiger partial charge is 0.338 e. The summed E-state index contributed by atoms with van der Waals surface area (Å²) in [6, 6.07) is 7.56. The molecule has 0 aliphatic heterocycles. The number of fused-ring (bicyclic) bond motifs is 1. The van der Waals surface area contributed by atoms with Crippen LogP contribution in [0, 0.1) is 12.7 Å². The lowest BCUT2D eigenvalue weighted by Crippen LogP contribution is -1.99. The zero-order valence-electron chi connectivity index (χ0n) is 10.6. The van der Waals surface area contributed by atoms with Crippen LogP contribution in [0.1, 0.15) is 5.56 Å². The van der Waals surface area contributed by atoms with Crippen LogP contribution in [-0.4, -0.2) is 15.0 Å². The van der Waals surface area contributed by atoms with Gasteiger partial charge in [-0.3, -0.25) is 4.98 Å². The zero-order valence-corrected chi connectivity index (χ0v) is 11.3. The molecular formula is C14H10ClFN4. The van der Waals surface area contributed by atoms with Crippen molar-refractivity contribution in [2.45, 2.75) is 6.92 Å². The summed E-state index contributed by atoms with van der Waals surface area (Å²) in [5.74, 6) is -0.508. The van der Waals surface area contributed by atoms with Crippen LogP contribution < -0.4 is 5.32 Å². The SMILES string of the molecule is Cc1cc(Nc2nc(Cl)ncc2F)cc2cccnc12.